The summed E-state index contributed by atoms with van der Waals surface area (Å²) in [6.07, 6.45) is 5.37. The van der Waals surface area contributed by atoms with Crippen LogP contribution in [0, 0.1) is 10.8 Å². The molecular formula is C19H24N2O. The molecule has 2 aliphatic rings. The first kappa shape index (κ1) is 13.9. The Bertz CT molecular complexity index is 745. The summed E-state index contributed by atoms with van der Waals surface area (Å²) in [5.41, 5.74) is 2.49. The van der Waals surface area contributed by atoms with Gasteiger partial charge in [0.1, 0.15) is 0 Å². The van der Waals surface area contributed by atoms with Gasteiger partial charge in [-0.05, 0) is 36.2 Å². The van der Waals surface area contributed by atoms with E-state index in [0.29, 0.717) is 11.5 Å². The number of carbonyl (C=O) groups is 1. The number of fused-ring (bicyclic) bond motifs is 3. The molecule has 116 valence electrons. The van der Waals surface area contributed by atoms with E-state index >= 15 is 0 Å². The summed E-state index contributed by atoms with van der Waals surface area (Å²) in [6, 6.07) is 8.46. The van der Waals surface area contributed by atoms with Gasteiger partial charge in [0.25, 0.3) is 5.91 Å². The van der Waals surface area contributed by atoms with Crippen LogP contribution < -0.4 is 0 Å². The molecule has 1 saturated heterocycles. The van der Waals surface area contributed by atoms with Gasteiger partial charge in [0.05, 0.1) is 5.56 Å². The van der Waals surface area contributed by atoms with E-state index in [-0.39, 0.29) is 11.3 Å². The van der Waals surface area contributed by atoms with Crippen LogP contribution in [-0.4, -0.2) is 28.4 Å². The number of likely N-dealkylation sites (tertiary alicyclic amines) is 1. The molecule has 2 bridgehead atoms. The standard InChI is InChI=1S/C19H24N2O/c1-18(2)8-13-9-19(3,11-18)12-21(13)17(22)15-10-20-16-7-5-4-6-14(15)16/h4-7,10,13,20H,8-9,11-12H2,1-3H3/t13-,19+/m0/s1. The van der Waals surface area contributed by atoms with Crippen molar-refractivity contribution >= 4 is 16.8 Å². The van der Waals surface area contributed by atoms with Gasteiger partial charge in [0.2, 0.25) is 0 Å². The van der Waals surface area contributed by atoms with Gasteiger partial charge in [0, 0.05) is 29.7 Å². The van der Waals surface area contributed by atoms with E-state index < -0.39 is 0 Å². The second kappa shape index (κ2) is 4.37. The van der Waals surface area contributed by atoms with Gasteiger partial charge < -0.3 is 9.88 Å². The first-order chi connectivity index (χ1) is 10.4. The normalized spacial score (nSPS) is 30.0. The zero-order valence-electron chi connectivity index (χ0n) is 13.6. The molecule has 22 heavy (non-hydrogen) atoms. The average Bonchev–Trinajstić information content (AvgIpc) is 2.95. The van der Waals surface area contributed by atoms with Crippen LogP contribution in [0.2, 0.25) is 0 Å². The van der Waals surface area contributed by atoms with Crippen molar-refractivity contribution in [1.29, 1.82) is 0 Å². The molecule has 0 unspecified atom stereocenters. The quantitative estimate of drug-likeness (QED) is 0.841. The van der Waals surface area contributed by atoms with Crippen molar-refractivity contribution in [3.05, 3.63) is 36.0 Å². The Kier molecular flexibility index (Phi) is 2.76. The predicted octanol–water partition coefficient (Wildman–Crippen LogP) is 4.21. The molecule has 1 amide bonds. The number of carbonyl (C=O) groups excluding carboxylic acids is 1. The van der Waals surface area contributed by atoms with Crippen LogP contribution in [0.1, 0.15) is 50.4 Å². The van der Waals surface area contributed by atoms with E-state index in [4.69, 9.17) is 0 Å². The summed E-state index contributed by atoms with van der Waals surface area (Å²) in [5, 5.41) is 1.04. The Morgan fingerprint density at radius 3 is 2.82 bits per heavy atom. The summed E-state index contributed by atoms with van der Waals surface area (Å²) >= 11 is 0. The first-order valence-corrected chi connectivity index (χ1v) is 8.24. The SMILES string of the molecule is CC1(C)C[C@H]2C[C@@](C)(CN2C(=O)c2c[nH]c3ccccc23)C1. The maximum Gasteiger partial charge on any atom is 0.256 e. The van der Waals surface area contributed by atoms with Crippen molar-refractivity contribution in [2.24, 2.45) is 10.8 Å². The number of rotatable bonds is 1. The van der Waals surface area contributed by atoms with Crippen molar-refractivity contribution < 1.29 is 4.79 Å². The number of H-pyrrole nitrogens is 1. The van der Waals surface area contributed by atoms with E-state index in [1.807, 2.05) is 30.5 Å². The topological polar surface area (TPSA) is 36.1 Å². The summed E-state index contributed by atoms with van der Waals surface area (Å²) in [4.78, 5) is 18.5. The summed E-state index contributed by atoms with van der Waals surface area (Å²) in [7, 11) is 0. The average molecular weight is 296 g/mol. The number of aromatic amines is 1. The molecule has 3 heteroatoms. The highest BCUT2D eigenvalue weighted by atomic mass is 16.2. The van der Waals surface area contributed by atoms with Crippen LogP contribution >= 0.6 is 0 Å². The van der Waals surface area contributed by atoms with Crippen LogP contribution in [0.4, 0.5) is 0 Å². The number of para-hydroxylation sites is 1. The number of nitrogens with zero attached hydrogens (tertiary/aromatic N) is 1. The lowest BCUT2D eigenvalue weighted by Gasteiger charge is -2.39. The fraction of sp³-hybridized carbons (Fsp3) is 0.526. The van der Waals surface area contributed by atoms with E-state index in [0.717, 1.165) is 35.9 Å². The number of nitrogens with one attached hydrogen (secondary N) is 1. The Labute approximate surface area is 131 Å². The number of aromatic nitrogens is 1. The van der Waals surface area contributed by atoms with Crippen LogP contribution in [0.5, 0.6) is 0 Å². The highest BCUT2D eigenvalue weighted by Crippen LogP contribution is 2.52. The molecule has 2 fully saturated rings. The Morgan fingerprint density at radius 2 is 2.00 bits per heavy atom. The first-order valence-electron chi connectivity index (χ1n) is 8.24. The van der Waals surface area contributed by atoms with Crippen molar-refractivity contribution in [3.8, 4) is 0 Å². The van der Waals surface area contributed by atoms with Crippen molar-refractivity contribution in [2.75, 3.05) is 6.54 Å². The predicted molar refractivity (Wildman–Crippen MR) is 88.9 cm³/mol. The van der Waals surface area contributed by atoms with E-state index in [9.17, 15) is 4.79 Å². The molecule has 4 rings (SSSR count). The van der Waals surface area contributed by atoms with Crippen LogP contribution in [0.3, 0.4) is 0 Å². The summed E-state index contributed by atoms with van der Waals surface area (Å²) < 4.78 is 0. The lowest BCUT2D eigenvalue weighted by atomic mass is 9.65. The van der Waals surface area contributed by atoms with Crippen molar-refractivity contribution in [1.82, 2.24) is 9.88 Å². The van der Waals surface area contributed by atoms with Gasteiger partial charge in [-0.25, -0.2) is 0 Å². The molecule has 1 aliphatic carbocycles. The molecule has 0 radical (unpaired) electrons. The molecule has 0 spiro atoms. The lowest BCUT2D eigenvalue weighted by molar-refractivity contribution is 0.0710. The van der Waals surface area contributed by atoms with E-state index in [2.05, 4.69) is 30.7 Å². The maximum atomic E-state index is 13.1. The third-order valence-corrected chi connectivity index (χ3v) is 5.50. The minimum Gasteiger partial charge on any atom is -0.360 e. The van der Waals surface area contributed by atoms with Gasteiger partial charge in [-0.2, -0.15) is 0 Å². The monoisotopic (exact) mass is 296 g/mol. The van der Waals surface area contributed by atoms with Gasteiger partial charge in [-0.1, -0.05) is 39.0 Å². The summed E-state index contributed by atoms with van der Waals surface area (Å²) in [5.74, 6) is 0.198. The largest absolute Gasteiger partial charge is 0.360 e. The molecule has 1 aromatic carbocycles. The Hall–Kier alpha value is -1.77. The second-order valence-electron chi connectivity index (χ2n) is 8.39. The van der Waals surface area contributed by atoms with E-state index in [1.165, 1.54) is 6.42 Å². The molecule has 2 atom stereocenters. The second-order valence-corrected chi connectivity index (χ2v) is 8.39. The van der Waals surface area contributed by atoms with Crippen molar-refractivity contribution in [3.63, 3.8) is 0 Å². The smallest absolute Gasteiger partial charge is 0.256 e. The minimum absolute atomic E-state index is 0.198. The number of hydrogen-bond acceptors (Lipinski definition) is 1. The molecular weight excluding hydrogens is 272 g/mol. The molecule has 1 aliphatic heterocycles. The highest BCUT2D eigenvalue weighted by molar-refractivity contribution is 6.06. The lowest BCUT2D eigenvalue weighted by Crippen LogP contribution is -2.37. The fourth-order valence-electron chi connectivity index (χ4n) is 5.10. The number of benzene rings is 1. The van der Waals surface area contributed by atoms with Gasteiger partial charge in [-0.3, -0.25) is 4.79 Å². The zero-order chi connectivity index (χ0) is 15.5. The Balaban J connectivity index is 1.69. The molecule has 3 nitrogen and oxygen atoms in total. The third-order valence-electron chi connectivity index (χ3n) is 5.50. The molecule has 1 N–H and O–H groups in total. The van der Waals surface area contributed by atoms with Crippen LogP contribution in [0.25, 0.3) is 10.9 Å². The molecule has 1 saturated carbocycles. The van der Waals surface area contributed by atoms with Crippen molar-refractivity contribution in [2.45, 2.75) is 46.1 Å². The maximum absolute atomic E-state index is 13.1. The molecule has 1 aromatic heterocycles. The van der Waals surface area contributed by atoms with Gasteiger partial charge in [-0.15, -0.1) is 0 Å². The van der Waals surface area contributed by atoms with E-state index in [1.54, 1.807) is 0 Å². The van der Waals surface area contributed by atoms with Gasteiger partial charge >= 0.3 is 0 Å². The zero-order valence-corrected chi connectivity index (χ0v) is 13.6. The third kappa shape index (κ3) is 2.06. The van der Waals surface area contributed by atoms with Crippen LogP contribution in [-0.2, 0) is 0 Å². The molecule has 2 aromatic rings. The Morgan fingerprint density at radius 1 is 1.23 bits per heavy atom. The number of hydrogen-bond donors (Lipinski definition) is 1. The number of amides is 1. The summed E-state index contributed by atoms with van der Waals surface area (Å²) in [6.45, 7) is 7.94. The highest BCUT2D eigenvalue weighted by Gasteiger charge is 2.51. The fourth-order valence-corrected chi connectivity index (χ4v) is 5.10. The molecule has 2 heterocycles. The minimum atomic E-state index is 0.198. The van der Waals surface area contributed by atoms with Crippen LogP contribution in [0.15, 0.2) is 30.5 Å². The van der Waals surface area contributed by atoms with Gasteiger partial charge in [0.15, 0.2) is 0 Å².